The third kappa shape index (κ3) is 3.79. The van der Waals surface area contributed by atoms with Crippen molar-refractivity contribution in [2.75, 3.05) is 13.2 Å². The van der Waals surface area contributed by atoms with Crippen molar-refractivity contribution < 1.29 is 13.9 Å². The summed E-state index contributed by atoms with van der Waals surface area (Å²) in [6, 6.07) is 7.78. The molecule has 3 aromatic rings. The van der Waals surface area contributed by atoms with E-state index in [1.165, 1.54) is 0 Å². The minimum absolute atomic E-state index is 0.111. The van der Waals surface area contributed by atoms with E-state index in [1.807, 2.05) is 36.6 Å². The number of rotatable bonds is 6. The smallest absolute Gasteiger partial charge is 0.287 e. The molecule has 0 aliphatic carbocycles. The monoisotopic (exact) mass is 388 g/mol. The molecule has 2 aromatic heterocycles. The van der Waals surface area contributed by atoms with Crippen LogP contribution in [0.15, 0.2) is 38.4 Å². The summed E-state index contributed by atoms with van der Waals surface area (Å²) in [5.41, 5.74) is 2.67. The van der Waals surface area contributed by atoms with Crippen LogP contribution < -0.4 is 5.32 Å². The number of carbonyl (C=O) groups is 1. The van der Waals surface area contributed by atoms with Crippen molar-refractivity contribution in [1.82, 2.24) is 10.3 Å². The molecule has 26 heavy (non-hydrogen) atoms. The highest BCUT2D eigenvalue weighted by Crippen LogP contribution is 2.33. The highest BCUT2D eigenvalue weighted by atomic mass is 32.2. The molecule has 7 heteroatoms. The molecule has 1 amide bonds. The summed E-state index contributed by atoms with van der Waals surface area (Å²) in [7, 11) is 0. The Morgan fingerprint density at radius 3 is 3.08 bits per heavy atom. The number of thioether (sulfide) groups is 1. The van der Waals surface area contributed by atoms with Gasteiger partial charge < -0.3 is 14.5 Å². The first-order chi connectivity index (χ1) is 12.7. The van der Waals surface area contributed by atoms with Crippen LogP contribution in [0, 0.1) is 6.92 Å². The minimum Gasteiger partial charge on any atom is -0.451 e. The molecule has 1 saturated heterocycles. The summed E-state index contributed by atoms with van der Waals surface area (Å²) in [5, 5.41) is 5.98. The Labute approximate surface area is 160 Å². The molecule has 1 fully saturated rings. The van der Waals surface area contributed by atoms with Gasteiger partial charge in [-0.3, -0.25) is 4.79 Å². The van der Waals surface area contributed by atoms with Crippen LogP contribution in [-0.2, 0) is 10.5 Å². The maximum absolute atomic E-state index is 12.7. The number of para-hydroxylation sites is 1. The van der Waals surface area contributed by atoms with E-state index in [9.17, 15) is 4.79 Å². The number of amides is 1. The first-order valence-corrected chi connectivity index (χ1v) is 10.5. The average Bonchev–Trinajstić information content (AvgIpc) is 3.38. The lowest BCUT2D eigenvalue weighted by Crippen LogP contribution is -2.32. The fraction of sp³-hybridized carbons (Fsp3) is 0.368. The number of ether oxygens (including phenoxy) is 1. The zero-order valence-corrected chi connectivity index (χ0v) is 16.1. The molecule has 1 aliphatic heterocycles. The van der Waals surface area contributed by atoms with Gasteiger partial charge in [-0.2, -0.15) is 0 Å². The molecule has 0 spiro atoms. The molecule has 1 aromatic carbocycles. The van der Waals surface area contributed by atoms with Gasteiger partial charge in [0.2, 0.25) is 0 Å². The van der Waals surface area contributed by atoms with Gasteiger partial charge in [0.25, 0.3) is 5.91 Å². The number of thiazole rings is 1. The van der Waals surface area contributed by atoms with Gasteiger partial charge in [0.15, 0.2) is 5.76 Å². The van der Waals surface area contributed by atoms with E-state index in [0.29, 0.717) is 18.1 Å². The van der Waals surface area contributed by atoms with E-state index in [-0.39, 0.29) is 12.0 Å². The van der Waals surface area contributed by atoms with Gasteiger partial charge >= 0.3 is 0 Å². The van der Waals surface area contributed by atoms with E-state index < -0.39 is 0 Å². The summed E-state index contributed by atoms with van der Waals surface area (Å²) in [6.07, 6.45) is 2.16. The Balaban J connectivity index is 1.55. The van der Waals surface area contributed by atoms with E-state index in [2.05, 4.69) is 10.3 Å². The van der Waals surface area contributed by atoms with Crippen LogP contribution >= 0.6 is 23.1 Å². The van der Waals surface area contributed by atoms with Crippen molar-refractivity contribution in [3.05, 3.63) is 46.7 Å². The molecule has 4 rings (SSSR count). The maximum Gasteiger partial charge on any atom is 0.287 e. The molecule has 0 unspecified atom stereocenters. The molecule has 1 N–H and O–H groups in total. The van der Waals surface area contributed by atoms with Gasteiger partial charge in [-0.1, -0.05) is 30.0 Å². The third-order valence-electron chi connectivity index (χ3n) is 4.36. The van der Waals surface area contributed by atoms with Crippen molar-refractivity contribution in [3.63, 3.8) is 0 Å². The van der Waals surface area contributed by atoms with Gasteiger partial charge in [-0.25, -0.2) is 4.98 Å². The Kier molecular flexibility index (Phi) is 5.28. The zero-order valence-electron chi connectivity index (χ0n) is 14.5. The van der Waals surface area contributed by atoms with Crippen LogP contribution in [0.5, 0.6) is 0 Å². The normalized spacial score (nSPS) is 17.0. The predicted octanol–water partition coefficient (Wildman–Crippen LogP) is 4.40. The predicted molar refractivity (Wildman–Crippen MR) is 104 cm³/mol. The van der Waals surface area contributed by atoms with Crippen LogP contribution in [0.2, 0.25) is 0 Å². The minimum atomic E-state index is -0.178. The number of aromatic nitrogens is 1. The summed E-state index contributed by atoms with van der Waals surface area (Å²) >= 11 is 3.25. The lowest BCUT2D eigenvalue weighted by atomic mass is 10.1. The Morgan fingerprint density at radius 1 is 1.42 bits per heavy atom. The number of fused-ring (bicyclic) bond motifs is 1. The number of nitrogens with zero attached hydrogens (tertiary/aromatic N) is 1. The molecule has 5 nitrogen and oxygen atoms in total. The standard InChI is InChI=1S/C19H20N2O3S2/c1-12-10-25-19(21-12)26-11-15-14-6-2-3-7-16(14)24-17(15)18(22)20-9-13-5-4-8-23-13/h2-3,6-7,10,13H,4-5,8-9,11H2,1H3,(H,20,22)/t13-/m1/s1. The highest BCUT2D eigenvalue weighted by molar-refractivity contribution is 8.00. The number of hydrogen-bond acceptors (Lipinski definition) is 6. The van der Waals surface area contributed by atoms with Gasteiger partial charge in [-0.05, 0) is 25.8 Å². The van der Waals surface area contributed by atoms with Gasteiger partial charge in [0.05, 0.1) is 6.10 Å². The number of nitrogens with one attached hydrogen (secondary N) is 1. The van der Waals surface area contributed by atoms with Crippen LogP contribution in [0.4, 0.5) is 0 Å². The second-order valence-corrected chi connectivity index (χ2v) is 8.37. The van der Waals surface area contributed by atoms with Crippen molar-refractivity contribution in [2.45, 2.75) is 36.0 Å². The largest absolute Gasteiger partial charge is 0.451 e. The summed E-state index contributed by atoms with van der Waals surface area (Å²) in [6.45, 7) is 3.28. The molecule has 3 heterocycles. The van der Waals surface area contributed by atoms with Crippen molar-refractivity contribution in [2.24, 2.45) is 0 Å². The van der Waals surface area contributed by atoms with Crippen LogP contribution in [0.1, 0.15) is 34.7 Å². The van der Waals surface area contributed by atoms with Gasteiger partial charge in [0.1, 0.15) is 9.92 Å². The van der Waals surface area contributed by atoms with Crippen molar-refractivity contribution in [3.8, 4) is 0 Å². The van der Waals surface area contributed by atoms with Gasteiger partial charge in [-0.15, -0.1) is 11.3 Å². The first-order valence-electron chi connectivity index (χ1n) is 8.66. The number of carbonyl (C=O) groups excluding carboxylic acids is 1. The van der Waals surface area contributed by atoms with Gasteiger partial charge in [0, 0.05) is 40.9 Å². The summed E-state index contributed by atoms with van der Waals surface area (Å²) in [4.78, 5) is 17.2. The number of aryl methyl sites for hydroxylation is 1. The fourth-order valence-corrected chi connectivity index (χ4v) is 4.93. The van der Waals surface area contributed by atoms with Crippen LogP contribution in [-0.4, -0.2) is 30.1 Å². The Hall–Kier alpha value is -1.83. The molecule has 1 aliphatic rings. The quantitative estimate of drug-likeness (QED) is 0.634. The maximum atomic E-state index is 12.7. The molecule has 0 saturated carbocycles. The van der Waals surface area contributed by atoms with E-state index in [1.54, 1.807) is 23.1 Å². The number of benzene rings is 1. The van der Waals surface area contributed by atoms with E-state index >= 15 is 0 Å². The lowest BCUT2D eigenvalue weighted by molar-refractivity contribution is 0.0836. The van der Waals surface area contributed by atoms with E-state index in [4.69, 9.17) is 9.15 Å². The topological polar surface area (TPSA) is 64.4 Å². The fourth-order valence-electron chi connectivity index (χ4n) is 3.05. The van der Waals surface area contributed by atoms with E-state index in [0.717, 1.165) is 46.0 Å². The van der Waals surface area contributed by atoms with Crippen LogP contribution in [0.3, 0.4) is 0 Å². The number of hydrogen-bond donors (Lipinski definition) is 1. The molecule has 0 bridgehead atoms. The SMILES string of the molecule is Cc1csc(SCc2c(C(=O)NC[C@H]3CCCO3)oc3ccccc23)n1. The molecule has 1 atom stereocenters. The molecular weight excluding hydrogens is 368 g/mol. The Bertz CT molecular complexity index is 913. The highest BCUT2D eigenvalue weighted by Gasteiger charge is 2.23. The summed E-state index contributed by atoms with van der Waals surface area (Å²) < 4.78 is 12.5. The van der Waals surface area contributed by atoms with Crippen LogP contribution in [0.25, 0.3) is 11.0 Å². The second-order valence-electron chi connectivity index (χ2n) is 6.29. The Morgan fingerprint density at radius 2 is 2.31 bits per heavy atom. The lowest BCUT2D eigenvalue weighted by Gasteiger charge is -2.10. The second kappa shape index (κ2) is 7.82. The van der Waals surface area contributed by atoms with Crippen molar-refractivity contribution in [1.29, 1.82) is 0 Å². The number of furan rings is 1. The van der Waals surface area contributed by atoms with Crippen molar-refractivity contribution >= 4 is 40.0 Å². The average molecular weight is 389 g/mol. The summed E-state index contributed by atoms with van der Waals surface area (Å²) in [5.74, 6) is 0.861. The molecule has 136 valence electrons. The molecule has 0 radical (unpaired) electrons. The third-order valence-corrected chi connectivity index (χ3v) is 6.52. The first kappa shape index (κ1) is 17.6. The zero-order chi connectivity index (χ0) is 17.9. The molecular formula is C19H20N2O3S2.